The van der Waals surface area contributed by atoms with Crippen molar-refractivity contribution in [3.63, 3.8) is 0 Å². The minimum absolute atomic E-state index is 0.132. The number of nitrogens with zero attached hydrogens (tertiary/aromatic N) is 2. The molecular formula is C12H18N4O2. The standard InChI is InChI=1S/C12H18N4O2/c1-16(12(18)10(13)8-11(14)17)7-5-9-4-2-3-6-15-9/h2-4,6,10H,5,7-8,13H2,1H3,(H2,14,17). The first-order valence-corrected chi connectivity index (χ1v) is 5.69. The second kappa shape index (κ2) is 6.70. The van der Waals surface area contributed by atoms with Crippen LogP contribution in [0.25, 0.3) is 0 Å². The summed E-state index contributed by atoms with van der Waals surface area (Å²) in [5.41, 5.74) is 11.5. The fraction of sp³-hybridized carbons (Fsp3) is 0.417. The lowest BCUT2D eigenvalue weighted by molar-refractivity contribution is -0.133. The fourth-order valence-corrected chi connectivity index (χ4v) is 1.53. The molecule has 0 bridgehead atoms. The molecule has 0 aromatic carbocycles. The van der Waals surface area contributed by atoms with E-state index in [2.05, 4.69) is 4.98 Å². The topological polar surface area (TPSA) is 102 Å². The van der Waals surface area contributed by atoms with E-state index < -0.39 is 11.9 Å². The summed E-state index contributed by atoms with van der Waals surface area (Å²) < 4.78 is 0. The molecule has 0 radical (unpaired) electrons. The van der Waals surface area contributed by atoms with E-state index in [-0.39, 0.29) is 12.3 Å². The number of aromatic nitrogens is 1. The molecule has 1 heterocycles. The average molecular weight is 250 g/mol. The highest BCUT2D eigenvalue weighted by molar-refractivity contribution is 5.87. The molecule has 18 heavy (non-hydrogen) atoms. The second-order valence-electron chi connectivity index (χ2n) is 4.11. The zero-order valence-corrected chi connectivity index (χ0v) is 10.4. The van der Waals surface area contributed by atoms with Gasteiger partial charge in [0.15, 0.2) is 0 Å². The van der Waals surface area contributed by atoms with Crippen molar-refractivity contribution >= 4 is 11.8 Å². The summed E-state index contributed by atoms with van der Waals surface area (Å²) in [6, 6.07) is 4.75. The van der Waals surface area contributed by atoms with E-state index in [9.17, 15) is 9.59 Å². The molecule has 2 amide bonds. The Hall–Kier alpha value is -1.95. The molecule has 1 atom stereocenters. The molecule has 98 valence electrons. The van der Waals surface area contributed by atoms with Crippen molar-refractivity contribution < 1.29 is 9.59 Å². The van der Waals surface area contributed by atoms with Gasteiger partial charge in [0.25, 0.3) is 0 Å². The zero-order chi connectivity index (χ0) is 13.5. The van der Waals surface area contributed by atoms with Gasteiger partial charge in [0.2, 0.25) is 11.8 Å². The highest BCUT2D eigenvalue weighted by Crippen LogP contribution is 1.99. The Labute approximate surface area is 106 Å². The molecule has 1 rings (SSSR count). The Morgan fingerprint density at radius 1 is 1.44 bits per heavy atom. The summed E-state index contributed by atoms with van der Waals surface area (Å²) in [6.45, 7) is 0.502. The van der Waals surface area contributed by atoms with Gasteiger partial charge in [-0.15, -0.1) is 0 Å². The van der Waals surface area contributed by atoms with E-state index >= 15 is 0 Å². The highest BCUT2D eigenvalue weighted by Gasteiger charge is 2.19. The normalized spacial score (nSPS) is 11.9. The SMILES string of the molecule is CN(CCc1ccccn1)C(=O)C(N)CC(N)=O. The summed E-state index contributed by atoms with van der Waals surface area (Å²) >= 11 is 0. The predicted octanol–water partition coefficient (Wildman–Crippen LogP) is -0.715. The smallest absolute Gasteiger partial charge is 0.239 e. The quantitative estimate of drug-likeness (QED) is 0.695. The molecule has 0 aliphatic heterocycles. The number of likely N-dealkylation sites (N-methyl/N-ethyl adjacent to an activating group) is 1. The van der Waals surface area contributed by atoms with E-state index in [1.54, 1.807) is 13.2 Å². The van der Waals surface area contributed by atoms with Crippen molar-refractivity contribution in [2.45, 2.75) is 18.9 Å². The van der Waals surface area contributed by atoms with Crippen LogP contribution in [0.1, 0.15) is 12.1 Å². The molecule has 0 aliphatic carbocycles. The molecule has 1 unspecified atom stereocenters. The molecular weight excluding hydrogens is 232 g/mol. The predicted molar refractivity (Wildman–Crippen MR) is 67.4 cm³/mol. The van der Waals surface area contributed by atoms with Gasteiger partial charge in [-0.1, -0.05) is 6.07 Å². The van der Waals surface area contributed by atoms with Crippen LogP contribution in [0, 0.1) is 0 Å². The summed E-state index contributed by atoms with van der Waals surface area (Å²) in [7, 11) is 1.64. The Morgan fingerprint density at radius 3 is 2.72 bits per heavy atom. The second-order valence-corrected chi connectivity index (χ2v) is 4.11. The van der Waals surface area contributed by atoms with Crippen LogP contribution in [0.4, 0.5) is 0 Å². The summed E-state index contributed by atoms with van der Waals surface area (Å²) in [5.74, 6) is -0.862. The van der Waals surface area contributed by atoms with Gasteiger partial charge in [-0.2, -0.15) is 0 Å². The molecule has 1 aromatic rings. The Kier molecular flexibility index (Phi) is 5.26. The van der Waals surface area contributed by atoms with Crippen LogP contribution < -0.4 is 11.5 Å². The van der Waals surface area contributed by atoms with Gasteiger partial charge in [0.1, 0.15) is 0 Å². The average Bonchev–Trinajstić information content (AvgIpc) is 2.35. The molecule has 1 aromatic heterocycles. The first kappa shape index (κ1) is 14.1. The lowest BCUT2D eigenvalue weighted by Gasteiger charge is -2.20. The number of nitrogens with two attached hydrogens (primary N) is 2. The van der Waals surface area contributed by atoms with Gasteiger partial charge in [-0.25, -0.2) is 0 Å². The monoisotopic (exact) mass is 250 g/mol. The largest absolute Gasteiger partial charge is 0.370 e. The van der Waals surface area contributed by atoms with E-state index in [0.717, 1.165) is 5.69 Å². The highest BCUT2D eigenvalue weighted by atomic mass is 16.2. The lowest BCUT2D eigenvalue weighted by Crippen LogP contribution is -2.44. The third-order valence-corrected chi connectivity index (χ3v) is 2.54. The molecule has 0 saturated carbocycles. The van der Waals surface area contributed by atoms with E-state index in [1.165, 1.54) is 4.90 Å². The maximum absolute atomic E-state index is 11.8. The summed E-state index contributed by atoms with van der Waals surface area (Å²) in [5, 5.41) is 0. The van der Waals surface area contributed by atoms with Gasteiger partial charge in [0, 0.05) is 31.9 Å². The van der Waals surface area contributed by atoms with Crippen LogP contribution in [0.3, 0.4) is 0 Å². The van der Waals surface area contributed by atoms with Gasteiger partial charge in [-0.3, -0.25) is 14.6 Å². The molecule has 6 nitrogen and oxygen atoms in total. The Bertz CT molecular complexity index is 408. The van der Waals surface area contributed by atoms with Crippen LogP contribution in [0.15, 0.2) is 24.4 Å². The van der Waals surface area contributed by atoms with E-state index in [0.29, 0.717) is 13.0 Å². The summed E-state index contributed by atoms with van der Waals surface area (Å²) in [6.07, 6.45) is 2.22. The number of pyridine rings is 1. The third-order valence-electron chi connectivity index (χ3n) is 2.54. The first-order chi connectivity index (χ1) is 8.50. The van der Waals surface area contributed by atoms with Crippen LogP contribution in [0.2, 0.25) is 0 Å². The summed E-state index contributed by atoms with van der Waals surface area (Å²) in [4.78, 5) is 28.1. The van der Waals surface area contributed by atoms with Crippen molar-refractivity contribution in [1.82, 2.24) is 9.88 Å². The van der Waals surface area contributed by atoms with Crippen molar-refractivity contribution in [2.75, 3.05) is 13.6 Å². The maximum Gasteiger partial charge on any atom is 0.239 e. The Morgan fingerprint density at radius 2 is 2.17 bits per heavy atom. The molecule has 0 spiro atoms. The minimum atomic E-state index is -0.865. The number of hydrogen-bond donors (Lipinski definition) is 2. The van der Waals surface area contributed by atoms with Gasteiger partial charge >= 0.3 is 0 Å². The zero-order valence-electron chi connectivity index (χ0n) is 10.4. The van der Waals surface area contributed by atoms with Crippen LogP contribution >= 0.6 is 0 Å². The third kappa shape index (κ3) is 4.50. The molecule has 0 fully saturated rings. The number of carbonyl (C=O) groups is 2. The van der Waals surface area contributed by atoms with Gasteiger partial charge in [-0.05, 0) is 12.1 Å². The van der Waals surface area contributed by atoms with Crippen molar-refractivity contribution in [3.8, 4) is 0 Å². The number of hydrogen-bond acceptors (Lipinski definition) is 4. The van der Waals surface area contributed by atoms with E-state index in [4.69, 9.17) is 11.5 Å². The number of amides is 2. The maximum atomic E-state index is 11.8. The van der Waals surface area contributed by atoms with Crippen LogP contribution in [-0.4, -0.2) is 41.3 Å². The van der Waals surface area contributed by atoms with E-state index in [1.807, 2.05) is 18.2 Å². The number of carbonyl (C=O) groups excluding carboxylic acids is 2. The minimum Gasteiger partial charge on any atom is -0.370 e. The number of primary amides is 1. The van der Waals surface area contributed by atoms with Gasteiger partial charge in [0.05, 0.1) is 12.5 Å². The van der Waals surface area contributed by atoms with Crippen molar-refractivity contribution in [2.24, 2.45) is 11.5 Å². The molecule has 6 heteroatoms. The molecule has 4 N–H and O–H groups in total. The van der Waals surface area contributed by atoms with Crippen LogP contribution in [-0.2, 0) is 16.0 Å². The van der Waals surface area contributed by atoms with Crippen LogP contribution in [0.5, 0.6) is 0 Å². The lowest BCUT2D eigenvalue weighted by atomic mass is 10.2. The van der Waals surface area contributed by atoms with Crippen molar-refractivity contribution in [3.05, 3.63) is 30.1 Å². The Balaban J connectivity index is 2.43. The van der Waals surface area contributed by atoms with Crippen molar-refractivity contribution in [1.29, 1.82) is 0 Å². The fourth-order valence-electron chi connectivity index (χ4n) is 1.53. The van der Waals surface area contributed by atoms with Gasteiger partial charge < -0.3 is 16.4 Å². The number of rotatable bonds is 6. The molecule has 0 saturated heterocycles. The molecule has 0 aliphatic rings. The first-order valence-electron chi connectivity index (χ1n) is 5.69.